The number of carboxylic acids is 1. The molecule has 15 heavy (non-hydrogen) atoms. The van der Waals surface area contributed by atoms with Crippen molar-refractivity contribution in [3.8, 4) is 0 Å². The van der Waals surface area contributed by atoms with Crippen LogP contribution >= 0.6 is 0 Å². The molecule has 0 amide bonds. The number of ether oxygens (including phenoxy) is 1. The Morgan fingerprint density at radius 1 is 1.40 bits per heavy atom. The average molecular weight is 217 g/mol. The number of rotatable bonds is 8. The quantitative estimate of drug-likeness (QED) is 0.627. The van der Waals surface area contributed by atoms with Gasteiger partial charge >= 0.3 is 5.97 Å². The van der Waals surface area contributed by atoms with Crippen molar-refractivity contribution in [2.75, 3.05) is 26.8 Å². The van der Waals surface area contributed by atoms with Gasteiger partial charge in [0.15, 0.2) is 0 Å². The molecule has 0 bridgehead atoms. The van der Waals surface area contributed by atoms with Crippen molar-refractivity contribution in [1.29, 1.82) is 0 Å². The molecule has 0 aromatic carbocycles. The van der Waals surface area contributed by atoms with E-state index in [1.54, 1.807) is 25.8 Å². The molecule has 4 heteroatoms. The Morgan fingerprint density at radius 3 is 2.47 bits per heavy atom. The molecule has 0 unspecified atom stereocenters. The maximum Gasteiger partial charge on any atom is 0.323 e. The van der Waals surface area contributed by atoms with Gasteiger partial charge in [0.1, 0.15) is 5.54 Å². The molecule has 0 fully saturated rings. The largest absolute Gasteiger partial charge is 0.480 e. The maximum atomic E-state index is 10.9. The summed E-state index contributed by atoms with van der Waals surface area (Å²) in [4.78, 5) is 12.7. The minimum atomic E-state index is -0.825. The molecule has 0 rings (SSSR count). The van der Waals surface area contributed by atoms with E-state index in [-0.39, 0.29) is 0 Å². The van der Waals surface area contributed by atoms with Gasteiger partial charge in [0.05, 0.1) is 6.61 Å². The van der Waals surface area contributed by atoms with E-state index < -0.39 is 11.5 Å². The van der Waals surface area contributed by atoms with E-state index in [0.29, 0.717) is 13.2 Å². The van der Waals surface area contributed by atoms with E-state index in [0.717, 1.165) is 19.4 Å². The van der Waals surface area contributed by atoms with Gasteiger partial charge in [-0.1, -0.05) is 13.3 Å². The third kappa shape index (κ3) is 5.14. The minimum absolute atomic E-state index is 0.590. The van der Waals surface area contributed by atoms with Gasteiger partial charge in [0.2, 0.25) is 0 Å². The zero-order valence-corrected chi connectivity index (χ0v) is 10.2. The zero-order chi connectivity index (χ0) is 11.9. The lowest BCUT2D eigenvalue weighted by Crippen LogP contribution is -2.49. The van der Waals surface area contributed by atoms with Crippen molar-refractivity contribution < 1.29 is 14.6 Å². The maximum absolute atomic E-state index is 10.9. The zero-order valence-electron chi connectivity index (χ0n) is 10.2. The fraction of sp³-hybridized carbons (Fsp3) is 0.909. The molecule has 0 radical (unpaired) electrons. The van der Waals surface area contributed by atoms with Crippen LogP contribution in [0, 0.1) is 0 Å². The molecule has 0 aliphatic carbocycles. The summed E-state index contributed by atoms with van der Waals surface area (Å²) in [7, 11) is 1.80. The molecular weight excluding hydrogens is 194 g/mol. The summed E-state index contributed by atoms with van der Waals surface area (Å²) in [5, 5.41) is 8.97. The Hall–Kier alpha value is -0.610. The highest BCUT2D eigenvalue weighted by Crippen LogP contribution is 2.11. The molecule has 0 atom stereocenters. The van der Waals surface area contributed by atoms with Crippen molar-refractivity contribution in [2.45, 2.75) is 39.2 Å². The first-order chi connectivity index (χ1) is 6.92. The molecule has 0 aromatic heterocycles. The summed E-state index contributed by atoms with van der Waals surface area (Å²) in [5.41, 5.74) is -0.825. The van der Waals surface area contributed by atoms with Crippen LogP contribution in [0.15, 0.2) is 0 Å². The molecule has 0 heterocycles. The number of hydrogen-bond donors (Lipinski definition) is 1. The van der Waals surface area contributed by atoms with Crippen LogP contribution in [0.4, 0.5) is 0 Å². The first-order valence-corrected chi connectivity index (χ1v) is 5.45. The molecule has 0 aliphatic rings. The third-order valence-electron chi connectivity index (χ3n) is 2.69. The number of aliphatic carboxylic acids is 1. The first kappa shape index (κ1) is 14.4. The molecular formula is C11H23NO3. The van der Waals surface area contributed by atoms with Crippen LogP contribution in [-0.2, 0) is 9.53 Å². The molecule has 1 N–H and O–H groups in total. The van der Waals surface area contributed by atoms with Crippen LogP contribution in [0.2, 0.25) is 0 Å². The van der Waals surface area contributed by atoms with E-state index in [2.05, 4.69) is 6.92 Å². The van der Waals surface area contributed by atoms with Crippen molar-refractivity contribution >= 4 is 5.97 Å². The Kier molecular flexibility index (Phi) is 6.52. The van der Waals surface area contributed by atoms with Gasteiger partial charge in [0, 0.05) is 13.2 Å². The normalized spacial score (nSPS) is 12.1. The predicted molar refractivity (Wildman–Crippen MR) is 60.1 cm³/mol. The van der Waals surface area contributed by atoms with E-state index >= 15 is 0 Å². The molecule has 0 aliphatic heterocycles. The van der Waals surface area contributed by atoms with Gasteiger partial charge < -0.3 is 9.84 Å². The van der Waals surface area contributed by atoms with Crippen LogP contribution in [-0.4, -0.2) is 48.3 Å². The monoisotopic (exact) mass is 217 g/mol. The number of carboxylic acid groups (broad SMARTS) is 1. The highest BCUT2D eigenvalue weighted by molar-refractivity contribution is 5.77. The van der Waals surface area contributed by atoms with Crippen molar-refractivity contribution in [3.05, 3.63) is 0 Å². The molecule has 0 spiro atoms. The molecule has 0 aromatic rings. The van der Waals surface area contributed by atoms with E-state index in [1.807, 2.05) is 0 Å². The number of likely N-dealkylation sites (N-methyl/N-ethyl adjacent to an activating group) is 1. The van der Waals surface area contributed by atoms with E-state index in [4.69, 9.17) is 9.84 Å². The lowest BCUT2D eigenvalue weighted by Gasteiger charge is -2.31. The average Bonchev–Trinajstić information content (AvgIpc) is 2.16. The molecule has 90 valence electrons. The van der Waals surface area contributed by atoms with Gasteiger partial charge in [-0.05, 0) is 27.3 Å². The van der Waals surface area contributed by atoms with Gasteiger partial charge in [-0.15, -0.1) is 0 Å². The number of nitrogens with zero attached hydrogens (tertiary/aromatic N) is 1. The first-order valence-electron chi connectivity index (χ1n) is 5.45. The minimum Gasteiger partial charge on any atom is -0.480 e. The second-order valence-corrected chi connectivity index (χ2v) is 4.25. The lowest BCUT2D eigenvalue weighted by atomic mass is 10.0. The Labute approximate surface area is 92.2 Å². The van der Waals surface area contributed by atoms with E-state index in [9.17, 15) is 4.79 Å². The summed E-state index contributed by atoms with van der Waals surface area (Å²) in [6.07, 6.45) is 2.18. The summed E-state index contributed by atoms with van der Waals surface area (Å²) >= 11 is 0. The van der Waals surface area contributed by atoms with Crippen LogP contribution in [0.25, 0.3) is 0 Å². The predicted octanol–water partition coefficient (Wildman–Crippen LogP) is 1.60. The standard InChI is InChI=1S/C11H23NO3/c1-5-6-8-15-9-7-12(4)11(2,3)10(13)14/h5-9H2,1-4H3,(H,13,14). The van der Waals surface area contributed by atoms with Gasteiger partial charge in [0.25, 0.3) is 0 Å². The third-order valence-corrected chi connectivity index (χ3v) is 2.69. The SMILES string of the molecule is CCCCOCCN(C)C(C)(C)C(=O)O. The smallest absolute Gasteiger partial charge is 0.323 e. The topological polar surface area (TPSA) is 49.8 Å². The molecule has 0 saturated carbocycles. The van der Waals surface area contributed by atoms with Gasteiger partial charge in [-0.25, -0.2) is 0 Å². The molecule has 4 nitrogen and oxygen atoms in total. The Morgan fingerprint density at radius 2 is 2.00 bits per heavy atom. The summed E-state index contributed by atoms with van der Waals surface area (Å²) in [6, 6.07) is 0. The molecule has 0 saturated heterocycles. The fourth-order valence-electron chi connectivity index (χ4n) is 0.993. The van der Waals surface area contributed by atoms with Crippen LogP contribution in [0.5, 0.6) is 0 Å². The van der Waals surface area contributed by atoms with Crippen LogP contribution in [0.1, 0.15) is 33.6 Å². The number of unbranched alkanes of at least 4 members (excludes halogenated alkanes) is 1. The second kappa shape index (κ2) is 6.80. The fourth-order valence-corrected chi connectivity index (χ4v) is 0.993. The van der Waals surface area contributed by atoms with Crippen molar-refractivity contribution in [2.24, 2.45) is 0 Å². The highest BCUT2D eigenvalue weighted by atomic mass is 16.5. The Balaban J connectivity index is 3.73. The van der Waals surface area contributed by atoms with Crippen LogP contribution < -0.4 is 0 Å². The second-order valence-electron chi connectivity index (χ2n) is 4.25. The van der Waals surface area contributed by atoms with Crippen LogP contribution in [0.3, 0.4) is 0 Å². The summed E-state index contributed by atoms with van der Waals surface area (Å²) in [6.45, 7) is 7.50. The highest BCUT2D eigenvalue weighted by Gasteiger charge is 2.31. The summed E-state index contributed by atoms with van der Waals surface area (Å²) < 4.78 is 5.39. The lowest BCUT2D eigenvalue weighted by molar-refractivity contribution is -0.148. The van der Waals surface area contributed by atoms with Crippen molar-refractivity contribution in [3.63, 3.8) is 0 Å². The van der Waals surface area contributed by atoms with Crippen molar-refractivity contribution in [1.82, 2.24) is 4.90 Å². The van der Waals surface area contributed by atoms with E-state index in [1.165, 1.54) is 0 Å². The summed E-state index contributed by atoms with van der Waals surface area (Å²) in [5.74, 6) is -0.807. The Bertz CT molecular complexity index is 192. The van der Waals surface area contributed by atoms with Gasteiger partial charge in [-0.2, -0.15) is 0 Å². The van der Waals surface area contributed by atoms with Gasteiger partial charge in [-0.3, -0.25) is 9.69 Å². The number of hydrogen-bond acceptors (Lipinski definition) is 3. The number of carbonyl (C=O) groups is 1.